The molecule has 0 heterocycles. The van der Waals surface area contributed by atoms with Gasteiger partial charge in [-0.2, -0.15) is 0 Å². The Morgan fingerprint density at radius 3 is 2.26 bits per heavy atom. The highest BCUT2D eigenvalue weighted by molar-refractivity contribution is 5.99. The Kier molecular flexibility index (Phi) is 5.27. The molecule has 0 saturated heterocycles. The first-order chi connectivity index (χ1) is 8.74. The van der Waals surface area contributed by atoms with Gasteiger partial charge in [0.1, 0.15) is 0 Å². The Balaban J connectivity index is 2.82. The molecule has 0 aliphatic carbocycles. The predicted octanol–water partition coefficient (Wildman–Crippen LogP) is 2.66. The highest BCUT2D eigenvalue weighted by Gasteiger charge is 2.26. The molecule has 1 aromatic rings. The molecule has 0 aromatic heterocycles. The van der Waals surface area contributed by atoms with Crippen LogP contribution in [0.3, 0.4) is 0 Å². The highest BCUT2D eigenvalue weighted by atomic mass is 16.3. The van der Waals surface area contributed by atoms with Gasteiger partial charge in [-0.3, -0.25) is 9.69 Å². The lowest BCUT2D eigenvalue weighted by Crippen LogP contribution is -2.46. The molecule has 106 valence electrons. The Hall–Kier alpha value is -1.19. The number of Topliss-reactive ketones (excluding diaryl/α,β-unsaturated/α-hetero) is 1. The molecule has 0 aliphatic rings. The van der Waals surface area contributed by atoms with Crippen LogP contribution in [-0.4, -0.2) is 40.5 Å². The van der Waals surface area contributed by atoms with E-state index in [0.717, 1.165) is 17.7 Å². The maximum absolute atomic E-state index is 12.4. The molecule has 0 fully saturated rings. The van der Waals surface area contributed by atoms with Gasteiger partial charge in [0.2, 0.25) is 0 Å². The molecule has 1 atom stereocenters. The van der Waals surface area contributed by atoms with Crippen molar-refractivity contribution in [1.29, 1.82) is 0 Å². The molecule has 0 radical (unpaired) electrons. The third kappa shape index (κ3) is 4.77. The molecule has 0 spiro atoms. The first-order valence-corrected chi connectivity index (χ1v) is 6.82. The summed E-state index contributed by atoms with van der Waals surface area (Å²) in [4.78, 5) is 14.4. The van der Waals surface area contributed by atoms with E-state index in [1.807, 2.05) is 49.9 Å². The molecule has 3 heteroatoms. The number of aliphatic hydroxyl groups is 1. The predicted molar refractivity (Wildman–Crippen MR) is 78.5 cm³/mol. The Bertz CT molecular complexity index is 417. The number of likely N-dealkylation sites (N-methyl/N-ethyl adjacent to an activating group) is 1. The molecular formula is C16H25NO2. The van der Waals surface area contributed by atoms with Crippen molar-refractivity contribution in [3.8, 4) is 0 Å². The quantitative estimate of drug-likeness (QED) is 0.802. The van der Waals surface area contributed by atoms with Crippen molar-refractivity contribution < 1.29 is 9.90 Å². The zero-order valence-corrected chi connectivity index (χ0v) is 12.6. The SMILES string of the molecule is CCN(CC(C)(C)O)C(C)C(=O)c1ccc(C)cc1. The lowest BCUT2D eigenvalue weighted by molar-refractivity contribution is 0.0254. The molecule has 0 bridgehead atoms. The molecule has 19 heavy (non-hydrogen) atoms. The summed E-state index contributed by atoms with van der Waals surface area (Å²) in [6.07, 6.45) is 0. The van der Waals surface area contributed by atoms with Crippen molar-refractivity contribution in [3.63, 3.8) is 0 Å². The zero-order chi connectivity index (χ0) is 14.6. The second-order valence-corrected chi connectivity index (χ2v) is 5.78. The van der Waals surface area contributed by atoms with Gasteiger partial charge in [-0.15, -0.1) is 0 Å². The highest BCUT2D eigenvalue weighted by Crippen LogP contribution is 2.13. The van der Waals surface area contributed by atoms with E-state index < -0.39 is 5.60 Å². The largest absolute Gasteiger partial charge is 0.389 e. The second-order valence-electron chi connectivity index (χ2n) is 5.78. The molecule has 0 amide bonds. The molecule has 1 N–H and O–H groups in total. The van der Waals surface area contributed by atoms with E-state index in [1.54, 1.807) is 13.8 Å². The standard InChI is InChI=1S/C16H25NO2/c1-6-17(11-16(4,5)19)13(3)15(18)14-9-7-12(2)8-10-14/h7-10,13,19H,6,11H2,1-5H3. The number of rotatable bonds is 6. The maximum atomic E-state index is 12.4. The summed E-state index contributed by atoms with van der Waals surface area (Å²) in [5, 5.41) is 9.90. The van der Waals surface area contributed by atoms with Crippen LogP contribution in [0.4, 0.5) is 0 Å². The van der Waals surface area contributed by atoms with Gasteiger partial charge in [-0.1, -0.05) is 36.8 Å². The van der Waals surface area contributed by atoms with Crippen LogP contribution in [0.1, 0.15) is 43.6 Å². The van der Waals surface area contributed by atoms with E-state index in [9.17, 15) is 9.90 Å². The van der Waals surface area contributed by atoms with E-state index in [4.69, 9.17) is 0 Å². The number of hydrogen-bond acceptors (Lipinski definition) is 3. The Labute approximate surface area is 116 Å². The molecular weight excluding hydrogens is 238 g/mol. The van der Waals surface area contributed by atoms with Gasteiger partial charge in [0.15, 0.2) is 5.78 Å². The molecule has 1 rings (SSSR count). The van der Waals surface area contributed by atoms with E-state index in [1.165, 1.54) is 0 Å². The van der Waals surface area contributed by atoms with Crippen molar-refractivity contribution >= 4 is 5.78 Å². The number of carbonyl (C=O) groups is 1. The molecule has 3 nitrogen and oxygen atoms in total. The molecule has 0 aliphatic heterocycles. The summed E-state index contributed by atoms with van der Waals surface area (Å²) < 4.78 is 0. The van der Waals surface area contributed by atoms with Crippen LogP contribution >= 0.6 is 0 Å². The average molecular weight is 263 g/mol. The summed E-state index contributed by atoms with van der Waals surface area (Å²) in [5.41, 5.74) is 1.08. The minimum atomic E-state index is -0.794. The van der Waals surface area contributed by atoms with Crippen LogP contribution in [0, 0.1) is 6.92 Å². The minimum absolute atomic E-state index is 0.103. The van der Waals surface area contributed by atoms with Gasteiger partial charge >= 0.3 is 0 Å². The number of hydrogen-bond donors (Lipinski definition) is 1. The Morgan fingerprint density at radius 2 is 1.84 bits per heavy atom. The van der Waals surface area contributed by atoms with Crippen molar-refractivity contribution in [1.82, 2.24) is 4.90 Å². The Morgan fingerprint density at radius 1 is 1.32 bits per heavy atom. The van der Waals surface area contributed by atoms with Crippen LogP contribution < -0.4 is 0 Å². The van der Waals surface area contributed by atoms with Crippen LogP contribution in [0.2, 0.25) is 0 Å². The summed E-state index contributed by atoms with van der Waals surface area (Å²) >= 11 is 0. The van der Waals surface area contributed by atoms with Gasteiger partial charge in [0.25, 0.3) is 0 Å². The van der Waals surface area contributed by atoms with Crippen LogP contribution in [0.25, 0.3) is 0 Å². The minimum Gasteiger partial charge on any atom is -0.389 e. The van der Waals surface area contributed by atoms with E-state index in [0.29, 0.717) is 6.54 Å². The lowest BCUT2D eigenvalue weighted by atomic mass is 10.0. The summed E-state index contributed by atoms with van der Waals surface area (Å²) in [6.45, 7) is 10.7. The maximum Gasteiger partial charge on any atom is 0.179 e. The van der Waals surface area contributed by atoms with Gasteiger partial charge in [0, 0.05) is 12.1 Å². The summed E-state index contributed by atoms with van der Waals surface area (Å²) in [7, 11) is 0. The number of nitrogens with zero attached hydrogens (tertiary/aromatic N) is 1. The first-order valence-electron chi connectivity index (χ1n) is 6.82. The number of carbonyl (C=O) groups excluding carboxylic acids is 1. The van der Waals surface area contributed by atoms with Gasteiger partial charge < -0.3 is 5.11 Å². The third-order valence-electron chi connectivity index (χ3n) is 3.26. The topological polar surface area (TPSA) is 40.5 Å². The molecule has 1 unspecified atom stereocenters. The van der Waals surface area contributed by atoms with Crippen LogP contribution in [-0.2, 0) is 0 Å². The second kappa shape index (κ2) is 6.31. The first kappa shape index (κ1) is 15.9. The number of aryl methyl sites for hydroxylation is 1. The van der Waals surface area contributed by atoms with Crippen LogP contribution in [0.15, 0.2) is 24.3 Å². The van der Waals surface area contributed by atoms with E-state index in [-0.39, 0.29) is 11.8 Å². The van der Waals surface area contributed by atoms with Gasteiger partial charge in [-0.05, 0) is 34.2 Å². The number of benzene rings is 1. The summed E-state index contributed by atoms with van der Waals surface area (Å²) in [6, 6.07) is 7.41. The fraction of sp³-hybridized carbons (Fsp3) is 0.562. The fourth-order valence-corrected chi connectivity index (χ4v) is 2.14. The van der Waals surface area contributed by atoms with E-state index in [2.05, 4.69) is 0 Å². The average Bonchev–Trinajstić information content (AvgIpc) is 2.34. The van der Waals surface area contributed by atoms with E-state index >= 15 is 0 Å². The fourth-order valence-electron chi connectivity index (χ4n) is 2.14. The third-order valence-corrected chi connectivity index (χ3v) is 3.26. The lowest BCUT2D eigenvalue weighted by Gasteiger charge is -2.32. The molecule has 1 aromatic carbocycles. The van der Waals surface area contributed by atoms with Gasteiger partial charge in [0.05, 0.1) is 11.6 Å². The van der Waals surface area contributed by atoms with Crippen molar-refractivity contribution in [2.45, 2.75) is 46.3 Å². The monoisotopic (exact) mass is 263 g/mol. The zero-order valence-electron chi connectivity index (χ0n) is 12.6. The summed E-state index contributed by atoms with van der Waals surface area (Å²) in [5.74, 6) is 0.103. The normalized spacial score (nSPS) is 13.6. The van der Waals surface area contributed by atoms with Crippen molar-refractivity contribution in [3.05, 3.63) is 35.4 Å². The van der Waals surface area contributed by atoms with Crippen molar-refractivity contribution in [2.24, 2.45) is 0 Å². The number of ketones is 1. The van der Waals surface area contributed by atoms with Gasteiger partial charge in [-0.25, -0.2) is 0 Å². The van der Waals surface area contributed by atoms with Crippen molar-refractivity contribution in [2.75, 3.05) is 13.1 Å². The smallest absolute Gasteiger partial charge is 0.179 e. The van der Waals surface area contributed by atoms with Crippen LogP contribution in [0.5, 0.6) is 0 Å². The molecule has 0 saturated carbocycles.